The number of benzene rings is 1. The number of fused-ring (bicyclic) bond motifs is 1. The normalized spacial score (nSPS) is 14.5. The van der Waals surface area contributed by atoms with Gasteiger partial charge in [0.1, 0.15) is 15.8 Å². The Morgan fingerprint density at radius 1 is 1.27 bits per heavy atom. The molecular formula is C17H18N4O3S2. The Labute approximate surface area is 158 Å². The van der Waals surface area contributed by atoms with Crippen molar-refractivity contribution in [3.8, 4) is 0 Å². The Morgan fingerprint density at radius 3 is 2.69 bits per heavy atom. The van der Waals surface area contributed by atoms with E-state index in [2.05, 4.69) is 4.99 Å². The number of thioether (sulfide) groups is 2. The van der Waals surface area contributed by atoms with Crippen LogP contribution in [0.1, 0.15) is 22.8 Å². The lowest BCUT2D eigenvalue weighted by Crippen LogP contribution is -2.42. The Balaban J connectivity index is 1.90. The van der Waals surface area contributed by atoms with E-state index in [1.54, 1.807) is 18.7 Å². The second-order valence-corrected chi connectivity index (χ2v) is 8.44. The number of carbonyl (C=O) groups excluding carboxylic acids is 1. The standard InChI is InChI=1S/C17H18N4O3S2/c1-9(26-16-19-11-7-5-4-6-10(11)8-25-16)13(22)12-14(18)20(2)17(24)21(3)15(12)23/h4-7,9H,8,18H2,1-3H3/t9-/m1/s1. The maximum absolute atomic E-state index is 12.8. The van der Waals surface area contributed by atoms with Crippen molar-refractivity contribution >= 4 is 45.2 Å². The summed E-state index contributed by atoms with van der Waals surface area (Å²) in [6.07, 6.45) is 0. The van der Waals surface area contributed by atoms with Crippen molar-refractivity contribution < 1.29 is 4.79 Å². The molecule has 1 atom stereocenters. The van der Waals surface area contributed by atoms with Gasteiger partial charge in [-0.2, -0.15) is 0 Å². The highest BCUT2D eigenvalue weighted by molar-refractivity contribution is 8.39. The number of hydrogen-bond acceptors (Lipinski definition) is 7. The van der Waals surface area contributed by atoms with E-state index in [4.69, 9.17) is 5.73 Å². The van der Waals surface area contributed by atoms with Crippen LogP contribution in [-0.2, 0) is 19.8 Å². The van der Waals surface area contributed by atoms with E-state index in [0.29, 0.717) is 0 Å². The average Bonchev–Trinajstić information content (AvgIpc) is 2.64. The summed E-state index contributed by atoms with van der Waals surface area (Å²) >= 11 is 2.85. The Bertz CT molecular complexity index is 1040. The van der Waals surface area contributed by atoms with Gasteiger partial charge < -0.3 is 5.73 Å². The number of nitrogens with zero attached hydrogens (tertiary/aromatic N) is 3. The second-order valence-electron chi connectivity index (χ2n) is 5.89. The molecule has 1 aliphatic heterocycles. The lowest BCUT2D eigenvalue weighted by atomic mass is 10.1. The Morgan fingerprint density at radius 2 is 1.96 bits per heavy atom. The van der Waals surface area contributed by atoms with Gasteiger partial charge in [0, 0.05) is 19.8 Å². The molecule has 2 aromatic rings. The average molecular weight is 390 g/mol. The number of rotatable bonds is 3. The molecule has 26 heavy (non-hydrogen) atoms. The first-order valence-electron chi connectivity index (χ1n) is 7.87. The first-order valence-corrected chi connectivity index (χ1v) is 9.73. The quantitative estimate of drug-likeness (QED) is 0.804. The molecule has 0 aliphatic carbocycles. The summed E-state index contributed by atoms with van der Waals surface area (Å²) in [6, 6.07) is 7.85. The number of aromatic nitrogens is 2. The summed E-state index contributed by atoms with van der Waals surface area (Å²) in [4.78, 5) is 41.7. The third-order valence-corrected chi connectivity index (χ3v) is 6.45. The third kappa shape index (κ3) is 3.24. The number of hydrogen-bond donors (Lipinski definition) is 1. The molecule has 0 unspecified atom stereocenters. The van der Waals surface area contributed by atoms with Gasteiger partial charge in [-0.15, -0.1) is 0 Å². The summed E-state index contributed by atoms with van der Waals surface area (Å²) in [6.45, 7) is 1.71. The lowest BCUT2D eigenvalue weighted by Gasteiger charge is -2.18. The van der Waals surface area contributed by atoms with Gasteiger partial charge in [-0.05, 0) is 18.6 Å². The lowest BCUT2D eigenvalue weighted by molar-refractivity contribution is 0.0992. The Kier molecular flexibility index (Phi) is 5.10. The van der Waals surface area contributed by atoms with Gasteiger partial charge in [0.15, 0.2) is 5.78 Å². The maximum Gasteiger partial charge on any atom is 0.332 e. The first kappa shape index (κ1) is 18.5. The van der Waals surface area contributed by atoms with E-state index >= 15 is 0 Å². The number of Topliss-reactive ketones (excluding diaryl/α,β-unsaturated/α-hetero) is 1. The van der Waals surface area contributed by atoms with Crippen LogP contribution < -0.4 is 17.0 Å². The van der Waals surface area contributed by atoms with E-state index in [1.165, 1.54) is 25.9 Å². The molecule has 0 radical (unpaired) electrons. The molecule has 136 valence electrons. The molecule has 0 saturated carbocycles. The van der Waals surface area contributed by atoms with Crippen LogP contribution in [0.15, 0.2) is 38.8 Å². The van der Waals surface area contributed by atoms with Crippen molar-refractivity contribution in [3.05, 3.63) is 56.2 Å². The zero-order valence-electron chi connectivity index (χ0n) is 14.6. The van der Waals surface area contributed by atoms with Crippen LogP contribution >= 0.6 is 23.5 Å². The van der Waals surface area contributed by atoms with E-state index in [-0.39, 0.29) is 11.4 Å². The minimum Gasteiger partial charge on any atom is -0.384 e. The predicted octanol–water partition coefficient (Wildman–Crippen LogP) is 1.91. The van der Waals surface area contributed by atoms with Gasteiger partial charge >= 0.3 is 5.69 Å². The molecule has 0 bridgehead atoms. The smallest absolute Gasteiger partial charge is 0.332 e. The Hall–Kier alpha value is -2.26. The monoisotopic (exact) mass is 390 g/mol. The third-order valence-electron chi connectivity index (χ3n) is 4.16. The molecule has 0 spiro atoms. The molecule has 9 heteroatoms. The van der Waals surface area contributed by atoms with Crippen LogP contribution in [-0.4, -0.2) is 24.5 Å². The molecule has 0 saturated heterocycles. The molecular weight excluding hydrogens is 372 g/mol. The summed E-state index contributed by atoms with van der Waals surface area (Å²) in [5, 5.41) is -0.556. The summed E-state index contributed by atoms with van der Waals surface area (Å²) in [7, 11) is 2.76. The maximum atomic E-state index is 12.8. The van der Waals surface area contributed by atoms with Crippen molar-refractivity contribution in [1.29, 1.82) is 0 Å². The number of nitrogens with two attached hydrogens (primary N) is 1. The molecule has 1 aromatic carbocycles. The van der Waals surface area contributed by atoms with E-state index < -0.39 is 22.3 Å². The van der Waals surface area contributed by atoms with Crippen LogP contribution in [0, 0.1) is 0 Å². The van der Waals surface area contributed by atoms with E-state index in [0.717, 1.165) is 30.5 Å². The molecule has 1 aromatic heterocycles. The summed E-state index contributed by atoms with van der Waals surface area (Å²) < 4.78 is 2.77. The largest absolute Gasteiger partial charge is 0.384 e. The van der Waals surface area contributed by atoms with Crippen molar-refractivity contribution in [2.75, 3.05) is 5.73 Å². The van der Waals surface area contributed by atoms with Crippen molar-refractivity contribution in [1.82, 2.24) is 9.13 Å². The van der Waals surface area contributed by atoms with Gasteiger partial charge in [0.05, 0.1) is 10.9 Å². The van der Waals surface area contributed by atoms with Crippen LogP contribution in [0.3, 0.4) is 0 Å². The summed E-state index contributed by atoms with van der Waals surface area (Å²) in [5.41, 5.74) is 6.52. The number of anilines is 1. The fourth-order valence-corrected chi connectivity index (χ4v) is 4.82. The molecule has 3 rings (SSSR count). The summed E-state index contributed by atoms with van der Waals surface area (Å²) in [5.74, 6) is 0.261. The highest BCUT2D eigenvalue weighted by atomic mass is 32.2. The fraction of sp³-hybridized carbons (Fsp3) is 0.294. The number of aliphatic imine (C=N–C) groups is 1. The zero-order chi connectivity index (χ0) is 19.0. The van der Waals surface area contributed by atoms with Crippen LogP contribution in [0.5, 0.6) is 0 Å². The number of carbonyl (C=O) groups is 1. The minimum absolute atomic E-state index is 0.112. The topological polar surface area (TPSA) is 99.4 Å². The molecule has 2 N–H and O–H groups in total. The molecule has 1 aliphatic rings. The van der Waals surface area contributed by atoms with Crippen molar-refractivity contribution in [3.63, 3.8) is 0 Å². The number of nitrogen functional groups attached to an aromatic ring is 1. The highest BCUT2D eigenvalue weighted by Crippen LogP contribution is 2.36. The molecule has 0 fully saturated rings. The fourth-order valence-electron chi connectivity index (χ4n) is 2.57. The van der Waals surface area contributed by atoms with E-state index in [1.807, 2.05) is 24.3 Å². The highest BCUT2D eigenvalue weighted by Gasteiger charge is 2.27. The van der Waals surface area contributed by atoms with Gasteiger partial charge in [-0.25, -0.2) is 9.79 Å². The van der Waals surface area contributed by atoms with E-state index in [9.17, 15) is 14.4 Å². The van der Waals surface area contributed by atoms with Crippen LogP contribution in [0.25, 0.3) is 0 Å². The van der Waals surface area contributed by atoms with Crippen LogP contribution in [0.2, 0.25) is 0 Å². The molecule has 0 amide bonds. The first-order chi connectivity index (χ1) is 12.3. The molecule has 7 nitrogen and oxygen atoms in total. The zero-order valence-corrected chi connectivity index (χ0v) is 16.2. The van der Waals surface area contributed by atoms with Crippen molar-refractivity contribution in [2.24, 2.45) is 19.1 Å². The number of para-hydroxylation sites is 1. The van der Waals surface area contributed by atoms with Crippen molar-refractivity contribution in [2.45, 2.75) is 17.9 Å². The number of ketones is 1. The van der Waals surface area contributed by atoms with Gasteiger partial charge in [-0.1, -0.05) is 41.7 Å². The molecule has 2 heterocycles. The minimum atomic E-state index is -0.674. The SMILES string of the molecule is C[C@@H](SC1=Nc2ccccc2CS1)C(=O)c1c(N)n(C)c(=O)n(C)c1=O. The van der Waals surface area contributed by atoms with Gasteiger partial charge in [0.25, 0.3) is 5.56 Å². The van der Waals surface area contributed by atoms with Crippen LogP contribution in [0.4, 0.5) is 11.5 Å². The second kappa shape index (κ2) is 7.16. The predicted molar refractivity (Wildman–Crippen MR) is 108 cm³/mol. The van der Waals surface area contributed by atoms with Gasteiger partial charge in [-0.3, -0.25) is 18.7 Å². The van der Waals surface area contributed by atoms with Gasteiger partial charge in [0.2, 0.25) is 0 Å².